The Morgan fingerprint density at radius 1 is 1.03 bits per heavy atom. The highest BCUT2D eigenvalue weighted by Crippen LogP contribution is 2.50. The van der Waals surface area contributed by atoms with Gasteiger partial charge in [-0.15, -0.1) is 0 Å². The minimum absolute atomic E-state index is 0.0445. The normalized spacial score (nSPS) is 26.0. The number of carbonyl (C=O) groups excluding carboxylic acids is 3. The Labute approximate surface area is 189 Å². The second kappa shape index (κ2) is 6.91. The molecule has 32 heavy (non-hydrogen) atoms. The van der Waals surface area contributed by atoms with E-state index < -0.39 is 23.7 Å². The highest BCUT2D eigenvalue weighted by Gasteiger charge is 2.56. The SMILES string of the molecule is CC(=O)N1CCC2(CC1)C(=O)N(C1CC(=O)C1)c1cc(B3OC(C)(C)C(C)(C)O3)ccc12. The minimum Gasteiger partial charge on any atom is -0.399 e. The van der Waals surface area contributed by atoms with Crippen LogP contribution in [0.2, 0.25) is 0 Å². The van der Waals surface area contributed by atoms with Gasteiger partial charge in [0.15, 0.2) is 0 Å². The molecule has 4 aliphatic rings. The van der Waals surface area contributed by atoms with E-state index in [1.807, 2.05) is 55.7 Å². The summed E-state index contributed by atoms with van der Waals surface area (Å²) in [5.41, 5.74) is 1.22. The van der Waals surface area contributed by atoms with Crippen molar-refractivity contribution in [3.8, 4) is 0 Å². The fraction of sp³-hybridized carbons (Fsp3) is 0.625. The molecule has 1 aromatic carbocycles. The standard InChI is InChI=1S/C24H31BN2O5/c1-15(28)26-10-8-24(9-11-26)19-7-6-16(25-31-22(2,3)23(4,5)32-25)12-20(19)27(21(24)30)17-13-18(29)14-17/h6-7,12,17H,8-11,13-14H2,1-5H3. The topological polar surface area (TPSA) is 76.2 Å². The van der Waals surface area contributed by atoms with Crippen LogP contribution in [0.4, 0.5) is 5.69 Å². The monoisotopic (exact) mass is 438 g/mol. The number of benzene rings is 1. The molecule has 0 radical (unpaired) electrons. The van der Waals surface area contributed by atoms with Crippen LogP contribution in [0.25, 0.3) is 0 Å². The summed E-state index contributed by atoms with van der Waals surface area (Å²) < 4.78 is 12.5. The Kier molecular flexibility index (Phi) is 4.67. The van der Waals surface area contributed by atoms with Crippen LogP contribution in [0.5, 0.6) is 0 Å². The van der Waals surface area contributed by atoms with Crippen molar-refractivity contribution in [1.29, 1.82) is 0 Å². The zero-order chi connectivity index (χ0) is 23.1. The molecule has 170 valence electrons. The first-order valence-electron chi connectivity index (χ1n) is 11.6. The summed E-state index contributed by atoms with van der Waals surface area (Å²) in [6.45, 7) is 10.8. The van der Waals surface area contributed by atoms with E-state index in [1.165, 1.54) is 0 Å². The Balaban J connectivity index is 1.53. The Morgan fingerprint density at radius 2 is 1.62 bits per heavy atom. The predicted molar refractivity (Wildman–Crippen MR) is 121 cm³/mol. The van der Waals surface area contributed by atoms with Crippen LogP contribution in [-0.4, -0.2) is 59.9 Å². The number of rotatable bonds is 2. The van der Waals surface area contributed by atoms with E-state index in [2.05, 4.69) is 0 Å². The zero-order valence-electron chi connectivity index (χ0n) is 19.6. The lowest BCUT2D eigenvalue weighted by Gasteiger charge is -2.40. The Morgan fingerprint density at radius 3 is 2.16 bits per heavy atom. The van der Waals surface area contributed by atoms with Crippen molar-refractivity contribution in [3.05, 3.63) is 23.8 Å². The number of likely N-dealkylation sites (tertiary alicyclic amines) is 1. The van der Waals surface area contributed by atoms with Crippen LogP contribution in [0.3, 0.4) is 0 Å². The molecule has 0 atom stereocenters. The first kappa shape index (κ1) is 21.6. The molecule has 2 saturated heterocycles. The molecule has 3 fully saturated rings. The lowest BCUT2D eigenvalue weighted by Crippen LogP contribution is -2.54. The van der Waals surface area contributed by atoms with Crippen LogP contribution in [0, 0.1) is 0 Å². The van der Waals surface area contributed by atoms with Crippen molar-refractivity contribution in [2.24, 2.45) is 0 Å². The van der Waals surface area contributed by atoms with Gasteiger partial charge < -0.3 is 19.1 Å². The van der Waals surface area contributed by atoms with Crippen LogP contribution in [0.1, 0.15) is 65.9 Å². The van der Waals surface area contributed by atoms with Crippen LogP contribution >= 0.6 is 0 Å². The van der Waals surface area contributed by atoms with E-state index in [1.54, 1.807) is 6.92 Å². The van der Waals surface area contributed by atoms with Crippen molar-refractivity contribution in [2.45, 2.75) is 83.0 Å². The summed E-state index contributed by atoms with van der Waals surface area (Å²) in [5.74, 6) is 0.307. The number of amides is 2. The van der Waals surface area contributed by atoms with Crippen molar-refractivity contribution >= 4 is 35.9 Å². The summed E-state index contributed by atoms with van der Waals surface area (Å²) in [4.78, 5) is 41.1. The van der Waals surface area contributed by atoms with Gasteiger partial charge in [0.25, 0.3) is 0 Å². The third-order valence-electron chi connectivity index (χ3n) is 8.30. The van der Waals surface area contributed by atoms with Crippen molar-refractivity contribution in [2.75, 3.05) is 18.0 Å². The molecule has 1 aromatic rings. The van der Waals surface area contributed by atoms with Crippen LogP contribution in [0.15, 0.2) is 18.2 Å². The summed E-state index contributed by atoms with van der Waals surface area (Å²) in [6, 6.07) is 5.97. The molecule has 0 N–H and O–H groups in total. The number of anilines is 1. The van der Waals surface area contributed by atoms with Crippen molar-refractivity contribution in [1.82, 2.24) is 4.90 Å². The van der Waals surface area contributed by atoms with Crippen LogP contribution in [-0.2, 0) is 29.1 Å². The fourth-order valence-corrected chi connectivity index (χ4v) is 5.43. The number of ketones is 1. The smallest absolute Gasteiger partial charge is 0.399 e. The molecule has 3 aliphatic heterocycles. The summed E-state index contributed by atoms with van der Waals surface area (Å²) in [7, 11) is -0.513. The van der Waals surface area contributed by atoms with E-state index in [9.17, 15) is 14.4 Å². The highest BCUT2D eigenvalue weighted by molar-refractivity contribution is 6.62. The van der Waals surface area contributed by atoms with E-state index in [4.69, 9.17) is 9.31 Å². The Hall–Kier alpha value is -2.19. The van der Waals surface area contributed by atoms with E-state index in [-0.39, 0.29) is 23.6 Å². The molecule has 8 heteroatoms. The van der Waals surface area contributed by atoms with E-state index in [0.29, 0.717) is 38.8 Å². The van der Waals surface area contributed by atoms with E-state index >= 15 is 0 Å². The number of hydrogen-bond acceptors (Lipinski definition) is 5. The molecule has 2 amide bonds. The van der Waals surface area contributed by atoms with Gasteiger partial charge in [-0.3, -0.25) is 14.4 Å². The Bertz CT molecular complexity index is 988. The zero-order valence-corrected chi connectivity index (χ0v) is 19.6. The van der Waals surface area contributed by atoms with Crippen molar-refractivity contribution in [3.63, 3.8) is 0 Å². The first-order valence-corrected chi connectivity index (χ1v) is 11.6. The highest BCUT2D eigenvalue weighted by atomic mass is 16.7. The fourth-order valence-electron chi connectivity index (χ4n) is 5.43. The van der Waals surface area contributed by atoms with Gasteiger partial charge in [-0.1, -0.05) is 12.1 Å². The maximum absolute atomic E-state index is 13.8. The number of nitrogens with zero attached hydrogens (tertiary/aromatic N) is 2. The lowest BCUT2D eigenvalue weighted by atomic mass is 9.71. The second-order valence-corrected chi connectivity index (χ2v) is 10.7. The van der Waals surface area contributed by atoms with Gasteiger partial charge in [-0.25, -0.2) is 0 Å². The molecule has 1 aliphatic carbocycles. The first-order chi connectivity index (χ1) is 14.9. The van der Waals surface area contributed by atoms with Gasteiger partial charge >= 0.3 is 7.12 Å². The van der Waals surface area contributed by atoms with Gasteiger partial charge in [0, 0.05) is 38.5 Å². The third kappa shape index (κ3) is 2.99. The number of hydrogen-bond donors (Lipinski definition) is 0. The van der Waals surface area contributed by atoms with E-state index in [0.717, 1.165) is 16.7 Å². The number of fused-ring (bicyclic) bond motifs is 2. The maximum Gasteiger partial charge on any atom is 0.494 e. The van der Waals surface area contributed by atoms with Crippen molar-refractivity contribution < 1.29 is 23.7 Å². The lowest BCUT2D eigenvalue weighted by molar-refractivity contribution is -0.134. The molecule has 5 rings (SSSR count). The third-order valence-corrected chi connectivity index (χ3v) is 8.30. The van der Waals surface area contributed by atoms with Gasteiger partial charge in [-0.2, -0.15) is 0 Å². The quantitative estimate of drug-likeness (QED) is 0.660. The molecule has 1 saturated carbocycles. The molecule has 3 heterocycles. The summed E-state index contributed by atoms with van der Waals surface area (Å²) >= 11 is 0. The average molecular weight is 438 g/mol. The molecule has 1 spiro atoms. The average Bonchev–Trinajstić information content (AvgIpc) is 3.06. The molecule has 0 aromatic heterocycles. The number of Topliss-reactive ketones (excluding diaryl/α,β-unsaturated/α-hetero) is 1. The number of carbonyl (C=O) groups is 3. The minimum atomic E-state index is -0.631. The number of piperidine rings is 1. The molecule has 7 nitrogen and oxygen atoms in total. The van der Waals surface area contributed by atoms with Gasteiger partial charge in [0.1, 0.15) is 5.78 Å². The molecular formula is C24H31BN2O5. The largest absolute Gasteiger partial charge is 0.494 e. The maximum atomic E-state index is 13.8. The molecule has 0 unspecified atom stereocenters. The van der Waals surface area contributed by atoms with Gasteiger partial charge in [0.2, 0.25) is 11.8 Å². The second-order valence-electron chi connectivity index (χ2n) is 10.7. The van der Waals surface area contributed by atoms with Gasteiger partial charge in [-0.05, 0) is 57.6 Å². The van der Waals surface area contributed by atoms with Crippen LogP contribution < -0.4 is 10.4 Å². The predicted octanol–water partition coefficient (Wildman–Crippen LogP) is 1.94. The van der Waals surface area contributed by atoms with Gasteiger partial charge in [0.05, 0.1) is 22.7 Å². The molecule has 0 bridgehead atoms. The summed E-state index contributed by atoms with van der Waals surface area (Å²) in [6.07, 6.45) is 2.01. The summed E-state index contributed by atoms with van der Waals surface area (Å²) in [5, 5.41) is 0. The molecular weight excluding hydrogens is 407 g/mol.